The third kappa shape index (κ3) is 5.94. The highest BCUT2D eigenvalue weighted by molar-refractivity contribution is 6.32. The van der Waals surface area contributed by atoms with Gasteiger partial charge < -0.3 is 20.1 Å². The normalized spacial score (nSPS) is 13.1. The zero-order valence-corrected chi connectivity index (χ0v) is 20.7. The molecular formula is C24H33ClN4O5. The maximum atomic E-state index is 13.5. The first-order chi connectivity index (χ1) is 16.2. The lowest BCUT2D eigenvalue weighted by Crippen LogP contribution is -2.42. The SMILES string of the molecule is CCCCn1c(N)c(N(CCC(C)C)C(=O)Cc2cc(Cl)c3c(c2)OCCCO3)c(=O)[nH]c1=O. The average molecular weight is 493 g/mol. The van der Waals surface area contributed by atoms with Gasteiger partial charge in [0.15, 0.2) is 17.2 Å². The van der Waals surface area contributed by atoms with Gasteiger partial charge in [-0.1, -0.05) is 38.8 Å². The van der Waals surface area contributed by atoms with Gasteiger partial charge >= 0.3 is 5.69 Å². The molecule has 34 heavy (non-hydrogen) atoms. The zero-order valence-electron chi connectivity index (χ0n) is 20.0. The molecule has 0 aliphatic carbocycles. The Labute approximate surface area is 203 Å². The van der Waals surface area contributed by atoms with Crippen molar-refractivity contribution in [1.82, 2.24) is 9.55 Å². The Kier molecular flexibility index (Phi) is 8.66. The van der Waals surface area contributed by atoms with Gasteiger partial charge in [0.05, 0.1) is 24.7 Å². The number of nitrogens with two attached hydrogens (primary N) is 1. The fourth-order valence-corrected chi connectivity index (χ4v) is 4.07. The number of anilines is 2. The van der Waals surface area contributed by atoms with Crippen molar-refractivity contribution >= 4 is 29.0 Å². The summed E-state index contributed by atoms with van der Waals surface area (Å²) in [5, 5.41) is 0.362. The Morgan fingerprint density at radius 3 is 2.71 bits per heavy atom. The van der Waals surface area contributed by atoms with Gasteiger partial charge in [-0.3, -0.25) is 19.1 Å². The summed E-state index contributed by atoms with van der Waals surface area (Å²) in [6, 6.07) is 3.41. The third-order valence-corrected chi connectivity index (χ3v) is 5.95. The van der Waals surface area contributed by atoms with Crippen LogP contribution in [0.2, 0.25) is 5.02 Å². The van der Waals surface area contributed by atoms with E-state index in [1.807, 2.05) is 20.8 Å². The van der Waals surface area contributed by atoms with Crippen molar-refractivity contribution in [3.8, 4) is 11.5 Å². The zero-order chi connectivity index (χ0) is 24.8. The number of aromatic nitrogens is 2. The topological polar surface area (TPSA) is 120 Å². The largest absolute Gasteiger partial charge is 0.489 e. The molecule has 1 aromatic heterocycles. The predicted molar refractivity (Wildman–Crippen MR) is 133 cm³/mol. The van der Waals surface area contributed by atoms with Crippen LogP contribution in [0.1, 0.15) is 52.0 Å². The number of hydrogen-bond acceptors (Lipinski definition) is 6. The summed E-state index contributed by atoms with van der Waals surface area (Å²) in [6.07, 6.45) is 2.92. The van der Waals surface area contributed by atoms with Crippen LogP contribution in [0.25, 0.3) is 0 Å². The van der Waals surface area contributed by atoms with Gasteiger partial charge in [-0.2, -0.15) is 0 Å². The fourth-order valence-electron chi connectivity index (χ4n) is 3.78. The molecule has 2 aromatic rings. The van der Waals surface area contributed by atoms with Crippen LogP contribution in [-0.4, -0.2) is 35.2 Å². The van der Waals surface area contributed by atoms with Crippen LogP contribution in [0.5, 0.6) is 11.5 Å². The fraction of sp³-hybridized carbons (Fsp3) is 0.542. The average Bonchev–Trinajstić information content (AvgIpc) is 3.01. The number of nitrogen functional groups attached to an aromatic ring is 1. The van der Waals surface area contributed by atoms with Crippen LogP contribution in [0.3, 0.4) is 0 Å². The summed E-state index contributed by atoms with van der Waals surface area (Å²) < 4.78 is 12.7. The van der Waals surface area contributed by atoms with E-state index in [9.17, 15) is 14.4 Å². The summed E-state index contributed by atoms with van der Waals surface area (Å²) in [4.78, 5) is 42.4. The summed E-state index contributed by atoms with van der Waals surface area (Å²) in [6.45, 7) is 7.69. The van der Waals surface area contributed by atoms with E-state index in [4.69, 9.17) is 26.8 Å². The van der Waals surface area contributed by atoms with Crippen molar-refractivity contribution in [1.29, 1.82) is 0 Å². The first-order valence-electron chi connectivity index (χ1n) is 11.7. The number of carbonyl (C=O) groups is 1. The Morgan fingerprint density at radius 2 is 2.00 bits per heavy atom. The molecule has 2 heterocycles. The highest BCUT2D eigenvalue weighted by Gasteiger charge is 2.25. The van der Waals surface area contributed by atoms with Crippen LogP contribution < -0.4 is 31.4 Å². The van der Waals surface area contributed by atoms with Gasteiger partial charge in [-0.05, 0) is 36.5 Å². The molecule has 0 saturated heterocycles. The highest BCUT2D eigenvalue weighted by atomic mass is 35.5. The van der Waals surface area contributed by atoms with Gasteiger partial charge in [0.1, 0.15) is 5.82 Å². The molecule has 0 unspecified atom stereocenters. The number of amides is 1. The summed E-state index contributed by atoms with van der Waals surface area (Å²) in [7, 11) is 0. The number of hydrogen-bond donors (Lipinski definition) is 2. The number of nitrogens with zero attached hydrogens (tertiary/aromatic N) is 2. The van der Waals surface area contributed by atoms with Crippen LogP contribution in [0.15, 0.2) is 21.7 Å². The van der Waals surface area contributed by atoms with Gasteiger partial charge in [-0.15, -0.1) is 0 Å². The predicted octanol–water partition coefficient (Wildman–Crippen LogP) is 3.36. The number of nitrogens with one attached hydrogen (secondary N) is 1. The van der Waals surface area contributed by atoms with E-state index in [1.54, 1.807) is 12.1 Å². The van der Waals surface area contributed by atoms with Crippen molar-refractivity contribution in [3.63, 3.8) is 0 Å². The maximum Gasteiger partial charge on any atom is 0.330 e. The summed E-state index contributed by atoms with van der Waals surface area (Å²) in [5.41, 5.74) is 5.66. The smallest absolute Gasteiger partial charge is 0.330 e. The molecule has 1 aliphatic rings. The lowest BCUT2D eigenvalue weighted by atomic mass is 10.1. The number of aromatic amines is 1. The van der Waals surface area contributed by atoms with Gasteiger partial charge in [-0.25, -0.2) is 4.79 Å². The Bertz CT molecular complexity index is 1140. The van der Waals surface area contributed by atoms with Crippen LogP contribution in [0, 0.1) is 5.92 Å². The molecule has 0 spiro atoms. The second kappa shape index (κ2) is 11.5. The minimum atomic E-state index is -0.677. The van der Waals surface area contributed by atoms with Crippen molar-refractivity contribution in [2.24, 2.45) is 5.92 Å². The number of unbranched alkanes of at least 4 members (excludes halogenated alkanes) is 1. The number of ether oxygens (including phenoxy) is 2. The van der Waals surface area contributed by atoms with E-state index in [1.165, 1.54) is 9.47 Å². The van der Waals surface area contributed by atoms with Gasteiger partial charge in [0.25, 0.3) is 5.56 Å². The molecule has 0 atom stereocenters. The van der Waals surface area contributed by atoms with E-state index in [-0.39, 0.29) is 36.3 Å². The summed E-state index contributed by atoms with van der Waals surface area (Å²) in [5.74, 6) is 0.914. The number of fused-ring (bicyclic) bond motifs is 1. The van der Waals surface area contributed by atoms with Crippen molar-refractivity contribution < 1.29 is 14.3 Å². The molecule has 0 radical (unpaired) electrons. The Hall–Kier alpha value is -2.94. The van der Waals surface area contributed by atoms with Crippen molar-refractivity contribution in [3.05, 3.63) is 43.6 Å². The second-order valence-electron chi connectivity index (χ2n) is 8.86. The lowest BCUT2D eigenvalue weighted by Gasteiger charge is -2.25. The minimum absolute atomic E-state index is 0.00166. The molecule has 3 rings (SSSR count). The Morgan fingerprint density at radius 1 is 1.26 bits per heavy atom. The third-order valence-electron chi connectivity index (χ3n) is 5.67. The number of carbonyl (C=O) groups excluding carboxylic acids is 1. The van der Waals surface area contributed by atoms with E-state index < -0.39 is 11.2 Å². The van der Waals surface area contributed by atoms with Crippen molar-refractivity contribution in [2.45, 2.75) is 59.4 Å². The Balaban J connectivity index is 1.98. The molecule has 9 nitrogen and oxygen atoms in total. The van der Waals surface area contributed by atoms with E-state index in [0.29, 0.717) is 54.7 Å². The molecule has 1 aromatic carbocycles. The van der Waals surface area contributed by atoms with Crippen molar-refractivity contribution in [2.75, 3.05) is 30.4 Å². The number of halogens is 1. The van der Waals surface area contributed by atoms with Crippen LogP contribution >= 0.6 is 11.6 Å². The molecule has 10 heteroatoms. The molecule has 3 N–H and O–H groups in total. The number of rotatable bonds is 9. The van der Waals surface area contributed by atoms with Gasteiger partial charge in [0, 0.05) is 19.5 Å². The molecule has 0 saturated carbocycles. The van der Waals surface area contributed by atoms with E-state index in [0.717, 1.165) is 12.8 Å². The van der Waals surface area contributed by atoms with E-state index >= 15 is 0 Å². The number of benzene rings is 1. The summed E-state index contributed by atoms with van der Waals surface area (Å²) >= 11 is 6.40. The maximum absolute atomic E-state index is 13.5. The van der Waals surface area contributed by atoms with Gasteiger partial charge in [0.2, 0.25) is 5.91 Å². The van der Waals surface area contributed by atoms with Crippen LogP contribution in [0.4, 0.5) is 11.5 Å². The highest BCUT2D eigenvalue weighted by Crippen LogP contribution is 2.38. The first-order valence-corrected chi connectivity index (χ1v) is 12.1. The molecule has 0 bridgehead atoms. The molecular weight excluding hydrogens is 460 g/mol. The first kappa shape index (κ1) is 25.7. The molecule has 1 aliphatic heterocycles. The monoisotopic (exact) mass is 492 g/mol. The quantitative estimate of drug-likeness (QED) is 0.554. The molecule has 1 amide bonds. The standard InChI is InChI=1S/C24H33ClN4O5/c1-4-5-8-29-22(26)20(23(31)27-24(29)32)28(9-7-15(2)3)19(30)14-16-12-17(25)21-18(13-16)33-10-6-11-34-21/h12-13,15H,4-11,14,26H2,1-3H3,(H,27,31,32). The molecule has 186 valence electrons. The van der Waals surface area contributed by atoms with Crippen LogP contribution in [-0.2, 0) is 17.8 Å². The minimum Gasteiger partial charge on any atom is -0.489 e. The number of H-pyrrole nitrogens is 1. The second-order valence-corrected chi connectivity index (χ2v) is 9.27. The van der Waals surface area contributed by atoms with E-state index in [2.05, 4.69) is 4.98 Å². The molecule has 0 fully saturated rings. The lowest BCUT2D eigenvalue weighted by molar-refractivity contribution is -0.118.